The number of ether oxygens (including phenoxy) is 2. The fraction of sp³-hybridized carbons (Fsp3) is 0.462. The minimum Gasteiger partial charge on any atom is -0.458 e. The quantitative estimate of drug-likeness (QED) is 0.641. The number of benzene rings is 2. The summed E-state index contributed by atoms with van der Waals surface area (Å²) in [6.07, 6.45) is 3.48. The van der Waals surface area contributed by atoms with Crippen LogP contribution in [-0.4, -0.2) is 24.1 Å². The number of fused-ring (bicyclic) bond motifs is 7. The molecule has 0 N–H and O–H groups in total. The van der Waals surface area contributed by atoms with Gasteiger partial charge in [0.2, 0.25) is 0 Å². The third-order valence-corrected chi connectivity index (χ3v) is 7.31. The number of hydrogen-bond donors (Lipinski definition) is 0. The van der Waals surface area contributed by atoms with Gasteiger partial charge in [0.15, 0.2) is 0 Å². The molecule has 30 heavy (non-hydrogen) atoms. The molecule has 0 radical (unpaired) electrons. The van der Waals surface area contributed by atoms with Crippen molar-refractivity contribution in [2.75, 3.05) is 0 Å². The predicted molar refractivity (Wildman–Crippen MR) is 113 cm³/mol. The lowest BCUT2D eigenvalue weighted by molar-refractivity contribution is -0.161. The van der Waals surface area contributed by atoms with E-state index in [1.165, 1.54) is 11.1 Å². The van der Waals surface area contributed by atoms with Crippen molar-refractivity contribution >= 4 is 11.9 Å². The Morgan fingerprint density at radius 2 is 1.63 bits per heavy atom. The van der Waals surface area contributed by atoms with E-state index in [9.17, 15) is 9.59 Å². The Morgan fingerprint density at radius 1 is 0.900 bits per heavy atom. The summed E-state index contributed by atoms with van der Waals surface area (Å²) in [6, 6.07) is 17.7. The summed E-state index contributed by atoms with van der Waals surface area (Å²) >= 11 is 0. The first-order valence-electron chi connectivity index (χ1n) is 11.2. The van der Waals surface area contributed by atoms with Crippen LogP contribution in [-0.2, 0) is 20.7 Å². The Hall–Kier alpha value is -2.62. The average molecular weight is 405 g/mol. The zero-order valence-electron chi connectivity index (χ0n) is 17.3. The van der Waals surface area contributed by atoms with E-state index in [2.05, 4.69) is 31.2 Å². The molecule has 4 heteroatoms. The molecule has 156 valence electrons. The standard InChI is InChI=1S/C26H28O4/c1-2-3-13-22(27)29-25-21-15-20(19-14-17-11-7-8-12-18(17)23(19)21)24(25)30-26(28)16-9-5-4-6-10-16/h4-12,19-21,23-25H,2-3,13-15H2,1H3. The fourth-order valence-electron chi connectivity index (χ4n) is 6.07. The molecule has 2 bridgehead atoms. The van der Waals surface area contributed by atoms with Crippen LogP contribution >= 0.6 is 0 Å². The van der Waals surface area contributed by atoms with Gasteiger partial charge in [-0.2, -0.15) is 0 Å². The van der Waals surface area contributed by atoms with Gasteiger partial charge in [0.25, 0.3) is 0 Å². The number of carbonyl (C=O) groups excluding carboxylic acids is 2. The van der Waals surface area contributed by atoms with E-state index >= 15 is 0 Å². The van der Waals surface area contributed by atoms with Gasteiger partial charge in [-0.1, -0.05) is 55.8 Å². The van der Waals surface area contributed by atoms with E-state index in [0.29, 0.717) is 23.8 Å². The number of unbranched alkanes of at least 4 members (excludes halogenated alkanes) is 1. The lowest BCUT2D eigenvalue weighted by Crippen LogP contribution is -2.45. The molecule has 2 fully saturated rings. The fourth-order valence-corrected chi connectivity index (χ4v) is 6.07. The highest BCUT2D eigenvalue weighted by Crippen LogP contribution is 2.62. The van der Waals surface area contributed by atoms with E-state index in [1.54, 1.807) is 12.1 Å². The van der Waals surface area contributed by atoms with Gasteiger partial charge >= 0.3 is 11.9 Å². The predicted octanol–water partition coefficient (Wildman–Crippen LogP) is 4.92. The van der Waals surface area contributed by atoms with Crippen molar-refractivity contribution in [2.24, 2.45) is 17.8 Å². The molecule has 3 aliphatic carbocycles. The Bertz CT molecular complexity index is 937. The summed E-state index contributed by atoms with van der Waals surface area (Å²) in [4.78, 5) is 25.3. The van der Waals surface area contributed by atoms with Crippen molar-refractivity contribution in [1.29, 1.82) is 0 Å². The Labute approximate surface area is 177 Å². The van der Waals surface area contributed by atoms with E-state index in [-0.39, 0.29) is 36.0 Å². The maximum Gasteiger partial charge on any atom is 0.338 e. The Kier molecular flexibility index (Phi) is 5.10. The molecule has 3 aliphatic rings. The summed E-state index contributed by atoms with van der Waals surface area (Å²) in [7, 11) is 0. The SMILES string of the molecule is CCCCC(=O)OC1C2CC(C3Cc4ccccc4C32)C1OC(=O)c1ccccc1. The second kappa shape index (κ2) is 7.90. The number of hydrogen-bond acceptors (Lipinski definition) is 4. The largest absolute Gasteiger partial charge is 0.458 e. The zero-order chi connectivity index (χ0) is 20.7. The monoisotopic (exact) mass is 404 g/mol. The first-order chi connectivity index (χ1) is 14.7. The normalized spacial score (nSPS) is 30.6. The van der Waals surface area contributed by atoms with Gasteiger partial charge < -0.3 is 9.47 Å². The molecular weight excluding hydrogens is 376 g/mol. The molecule has 2 aromatic rings. The maximum atomic E-state index is 12.8. The maximum absolute atomic E-state index is 12.8. The van der Waals surface area contributed by atoms with Crippen molar-refractivity contribution in [3.63, 3.8) is 0 Å². The molecule has 5 rings (SSSR count). The van der Waals surface area contributed by atoms with Crippen molar-refractivity contribution < 1.29 is 19.1 Å². The highest BCUT2D eigenvalue weighted by Gasteiger charge is 2.63. The van der Waals surface area contributed by atoms with Crippen molar-refractivity contribution in [3.8, 4) is 0 Å². The molecule has 2 saturated carbocycles. The molecule has 0 saturated heterocycles. The van der Waals surface area contributed by atoms with Gasteiger partial charge in [-0.05, 0) is 54.4 Å². The molecule has 0 amide bonds. The minimum absolute atomic E-state index is 0.169. The van der Waals surface area contributed by atoms with Crippen LogP contribution in [0.15, 0.2) is 54.6 Å². The first kappa shape index (κ1) is 19.3. The molecule has 0 spiro atoms. The van der Waals surface area contributed by atoms with Gasteiger partial charge in [-0.3, -0.25) is 4.79 Å². The highest BCUT2D eigenvalue weighted by molar-refractivity contribution is 5.89. The van der Waals surface area contributed by atoms with E-state index < -0.39 is 0 Å². The number of esters is 2. The van der Waals surface area contributed by atoms with Crippen LogP contribution in [0.5, 0.6) is 0 Å². The second-order valence-electron chi connectivity index (χ2n) is 8.95. The Morgan fingerprint density at radius 3 is 2.43 bits per heavy atom. The summed E-state index contributed by atoms with van der Waals surface area (Å²) in [6.45, 7) is 2.06. The van der Waals surface area contributed by atoms with Crippen LogP contribution in [0.3, 0.4) is 0 Å². The van der Waals surface area contributed by atoms with E-state index in [4.69, 9.17) is 9.47 Å². The van der Waals surface area contributed by atoms with Crippen LogP contribution in [0, 0.1) is 17.8 Å². The highest BCUT2D eigenvalue weighted by atomic mass is 16.6. The first-order valence-corrected chi connectivity index (χ1v) is 11.2. The molecular formula is C26H28O4. The van der Waals surface area contributed by atoms with Crippen molar-refractivity contribution in [1.82, 2.24) is 0 Å². The number of carbonyl (C=O) groups is 2. The molecule has 6 unspecified atom stereocenters. The summed E-state index contributed by atoms with van der Waals surface area (Å²) < 4.78 is 12.0. The van der Waals surface area contributed by atoms with Gasteiger partial charge in [-0.15, -0.1) is 0 Å². The summed E-state index contributed by atoms with van der Waals surface area (Å²) in [5.41, 5.74) is 3.34. The van der Waals surface area contributed by atoms with Crippen LogP contribution in [0.2, 0.25) is 0 Å². The lowest BCUT2D eigenvalue weighted by Gasteiger charge is -2.37. The lowest BCUT2D eigenvalue weighted by atomic mass is 9.76. The molecule has 0 aromatic heterocycles. The van der Waals surface area contributed by atoms with Gasteiger partial charge in [0, 0.05) is 18.3 Å². The van der Waals surface area contributed by atoms with Gasteiger partial charge in [-0.25, -0.2) is 4.79 Å². The van der Waals surface area contributed by atoms with E-state index in [0.717, 1.165) is 25.7 Å². The van der Waals surface area contributed by atoms with Crippen molar-refractivity contribution in [3.05, 3.63) is 71.3 Å². The van der Waals surface area contributed by atoms with Gasteiger partial charge in [0.1, 0.15) is 12.2 Å². The van der Waals surface area contributed by atoms with Crippen LogP contribution in [0.1, 0.15) is 60.0 Å². The summed E-state index contributed by atoms with van der Waals surface area (Å²) in [5.74, 6) is 0.841. The van der Waals surface area contributed by atoms with Crippen LogP contribution < -0.4 is 0 Å². The number of rotatable bonds is 6. The molecule has 6 atom stereocenters. The Balaban J connectivity index is 1.41. The van der Waals surface area contributed by atoms with Crippen LogP contribution in [0.4, 0.5) is 0 Å². The van der Waals surface area contributed by atoms with Crippen LogP contribution in [0.25, 0.3) is 0 Å². The smallest absolute Gasteiger partial charge is 0.338 e. The van der Waals surface area contributed by atoms with Gasteiger partial charge in [0.05, 0.1) is 5.56 Å². The topological polar surface area (TPSA) is 52.6 Å². The summed E-state index contributed by atoms with van der Waals surface area (Å²) in [5, 5.41) is 0. The molecule has 2 aromatic carbocycles. The molecule has 0 aliphatic heterocycles. The third-order valence-electron chi connectivity index (χ3n) is 7.31. The molecule has 4 nitrogen and oxygen atoms in total. The molecule has 0 heterocycles. The zero-order valence-corrected chi connectivity index (χ0v) is 17.3. The van der Waals surface area contributed by atoms with E-state index in [1.807, 2.05) is 18.2 Å². The average Bonchev–Trinajstić information content (AvgIpc) is 3.42. The minimum atomic E-state index is -0.358. The second-order valence-corrected chi connectivity index (χ2v) is 8.95. The van der Waals surface area contributed by atoms with Crippen molar-refractivity contribution in [2.45, 2.75) is 57.2 Å². The third kappa shape index (κ3) is 3.23.